The van der Waals surface area contributed by atoms with Crippen molar-refractivity contribution in [1.29, 1.82) is 0 Å². The van der Waals surface area contributed by atoms with E-state index in [0.29, 0.717) is 19.3 Å². The van der Waals surface area contributed by atoms with Gasteiger partial charge in [0.1, 0.15) is 0 Å². The number of hydrogen-bond acceptors (Lipinski definition) is 4. The Morgan fingerprint density at radius 3 is 2.13 bits per heavy atom. The van der Waals surface area contributed by atoms with Crippen LogP contribution in [0.1, 0.15) is 114 Å². The molecule has 1 atom stereocenters. The molecule has 0 saturated heterocycles. The molecule has 39 heavy (non-hydrogen) atoms. The van der Waals surface area contributed by atoms with Gasteiger partial charge in [0, 0.05) is 18.4 Å². The topological polar surface area (TPSA) is 116 Å². The molecule has 1 rings (SSSR count). The summed E-state index contributed by atoms with van der Waals surface area (Å²) in [5.41, 5.74) is 1.70. The molecular weight excluding hydrogens is 513 g/mol. The number of aliphatic hydroxyl groups is 1. The van der Waals surface area contributed by atoms with Crippen LogP contribution in [0.3, 0.4) is 0 Å². The summed E-state index contributed by atoms with van der Waals surface area (Å²) in [5.74, 6) is 5.68. The van der Waals surface area contributed by atoms with Crippen molar-refractivity contribution in [2.75, 3.05) is 13.2 Å². The maximum atomic E-state index is 12.5. The molecule has 0 spiro atoms. The van der Waals surface area contributed by atoms with Crippen LogP contribution in [0.4, 0.5) is 0 Å². The summed E-state index contributed by atoms with van der Waals surface area (Å²) in [4.78, 5) is 30.7. The van der Waals surface area contributed by atoms with Gasteiger partial charge < -0.3 is 20.2 Å². The van der Waals surface area contributed by atoms with Crippen molar-refractivity contribution in [3.63, 3.8) is 0 Å². The number of allylic oxidation sites excluding steroid dienone is 2. The minimum atomic E-state index is -4.64. The van der Waals surface area contributed by atoms with E-state index in [-0.39, 0.29) is 19.1 Å². The van der Waals surface area contributed by atoms with Crippen LogP contribution in [0, 0.1) is 11.8 Å². The van der Waals surface area contributed by atoms with Crippen LogP contribution in [0.5, 0.6) is 0 Å². The van der Waals surface area contributed by atoms with Gasteiger partial charge in [-0.2, -0.15) is 0 Å². The molecule has 1 aromatic rings. The third kappa shape index (κ3) is 21.5. The summed E-state index contributed by atoms with van der Waals surface area (Å²) in [5, 5.41) is 11.7. The van der Waals surface area contributed by atoms with Crippen LogP contribution in [0.25, 0.3) is 0 Å². The Balaban J connectivity index is 2.28. The molecule has 8 heteroatoms. The van der Waals surface area contributed by atoms with Gasteiger partial charge in [0.15, 0.2) is 0 Å². The molecule has 0 unspecified atom stereocenters. The van der Waals surface area contributed by atoms with E-state index in [1.807, 2.05) is 24.3 Å². The molecule has 0 aliphatic heterocycles. The van der Waals surface area contributed by atoms with E-state index in [0.717, 1.165) is 43.2 Å². The number of nitrogens with one attached hydrogen (secondary N) is 1. The fraction of sp³-hybridized carbons (Fsp3) is 0.645. The number of amides is 1. The van der Waals surface area contributed by atoms with Crippen molar-refractivity contribution in [3.8, 4) is 11.8 Å². The molecule has 220 valence electrons. The minimum absolute atomic E-state index is 0.0169. The third-order valence-electron chi connectivity index (χ3n) is 6.38. The standard InChI is InChI=1S/C31H50NO6P/c1-2-3-4-5-6-7-8-9-10-11-12-13-14-15-16-20-31(34)32-30(27-38-39(35,36)37)26-29-23-21-28(22-24-29)19-17-18-25-33/h9-10,21-24,30,33H,2-8,11-16,18,20,25-27H2,1H3,(H,32,34)(H2,35,36,37)/t30-/m0/s1. The Hall–Kier alpha value is -1.94. The van der Waals surface area contributed by atoms with Crippen molar-refractivity contribution < 1.29 is 28.8 Å². The lowest BCUT2D eigenvalue weighted by Crippen LogP contribution is -2.39. The largest absolute Gasteiger partial charge is 0.469 e. The smallest absolute Gasteiger partial charge is 0.395 e. The zero-order valence-corrected chi connectivity index (χ0v) is 24.7. The summed E-state index contributed by atoms with van der Waals surface area (Å²) >= 11 is 0. The molecule has 1 amide bonds. The number of phosphoric acid groups is 1. The number of carbonyl (C=O) groups is 1. The van der Waals surface area contributed by atoms with Gasteiger partial charge in [-0.15, -0.1) is 0 Å². The molecule has 7 nitrogen and oxygen atoms in total. The van der Waals surface area contributed by atoms with Crippen molar-refractivity contribution in [2.24, 2.45) is 0 Å². The summed E-state index contributed by atoms with van der Waals surface area (Å²) < 4.78 is 15.9. The normalized spacial score (nSPS) is 12.3. The molecule has 0 saturated carbocycles. The van der Waals surface area contributed by atoms with E-state index < -0.39 is 13.9 Å². The van der Waals surface area contributed by atoms with E-state index >= 15 is 0 Å². The lowest BCUT2D eigenvalue weighted by atomic mass is 10.0. The first kappa shape index (κ1) is 35.1. The Bertz CT molecular complexity index is 900. The highest BCUT2D eigenvalue weighted by molar-refractivity contribution is 7.46. The van der Waals surface area contributed by atoms with E-state index in [2.05, 4.69) is 40.8 Å². The number of carbonyl (C=O) groups excluding carboxylic acids is 1. The molecule has 0 fully saturated rings. The van der Waals surface area contributed by atoms with Crippen molar-refractivity contribution in [3.05, 3.63) is 47.5 Å². The molecule has 0 radical (unpaired) electrons. The van der Waals surface area contributed by atoms with Crippen molar-refractivity contribution in [1.82, 2.24) is 5.32 Å². The monoisotopic (exact) mass is 563 g/mol. The Kier molecular flexibility index (Phi) is 20.5. The lowest BCUT2D eigenvalue weighted by molar-refractivity contribution is -0.122. The molecule has 0 aromatic heterocycles. The fourth-order valence-corrected chi connectivity index (χ4v) is 4.60. The average Bonchev–Trinajstić information content (AvgIpc) is 2.90. The van der Waals surface area contributed by atoms with Gasteiger partial charge in [0.2, 0.25) is 5.91 Å². The van der Waals surface area contributed by atoms with Crippen LogP contribution < -0.4 is 5.32 Å². The molecule has 0 aliphatic carbocycles. The predicted molar refractivity (Wildman–Crippen MR) is 158 cm³/mol. The summed E-state index contributed by atoms with van der Waals surface area (Å²) in [7, 11) is -4.64. The van der Waals surface area contributed by atoms with E-state index in [4.69, 9.17) is 14.9 Å². The maximum absolute atomic E-state index is 12.5. The summed E-state index contributed by atoms with van der Waals surface area (Å²) in [6, 6.07) is 6.86. The van der Waals surface area contributed by atoms with Gasteiger partial charge in [-0.1, -0.05) is 94.4 Å². The third-order valence-corrected chi connectivity index (χ3v) is 6.87. The van der Waals surface area contributed by atoms with E-state index in [1.54, 1.807) is 0 Å². The zero-order chi connectivity index (χ0) is 28.6. The van der Waals surface area contributed by atoms with Crippen molar-refractivity contribution >= 4 is 13.7 Å². The van der Waals surface area contributed by atoms with Crippen LogP contribution in [0.2, 0.25) is 0 Å². The van der Waals surface area contributed by atoms with E-state index in [1.165, 1.54) is 51.4 Å². The Morgan fingerprint density at radius 2 is 1.54 bits per heavy atom. The highest BCUT2D eigenvalue weighted by Gasteiger charge is 2.20. The Labute approximate surface area is 236 Å². The summed E-state index contributed by atoms with van der Waals surface area (Å²) in [6.07, 6.45) is 21.3. The van der Waals surface area contributed by atoms with E-state index in [9.17, 15) is 9.36 Å². The highest BCUT2D eigenvalue weighted by Crippen LogP contribution is 2.35. The second-order valence-electron chi connectivity index (χ2n) is 10.1. The molecule has 0 heterocycles. The van der Waals surface area contributed by atoms with Gasteiger partial charge >= 0.3 is 7.82 Å². The van der Waals surface area contributed by atoms with Crippen LogP contribution in [-0.2, 0) is 20.3 Å². The number of hydrogen-bond donors (Lipinski definition) is 4. The van der Waals surface area contributed by atoms with Crippen molar-refractivity contribution in [2.45, 2.75) is 116 Å². The van der Waals surface area contributed by atoms with Gasteiger partial charge in [-0.3, -0.25) is 9.32 Å². The SMILES string of the molecule is CCCCCCCCC=CCCCCCCCC(=O)N[C@H](COP(=O)(O)O)Cc1ccc(C#CCCO)cc1. The second-order valence-corrected chi connectivity index (χ2v) is 11.3. The van der Waals surface area contributed by atoms with Gasteiger partial charge in [0.05, 0.1) is 19.3 Å². The van der Waals surface area contributed by atoms with Gasteiger partial charge in [-0.25, -0.2) is 4.57 Å². The molecule has 4 N–H and O–H groups in total. The van der Waals surface area contributed by atoms with Gasteiger partial charge in [-0.05, 0) is 56.2 Å². The van der Waals surface area contributed by atoms with Crippen LogP contribution >= 0.6 is 7.82 Å². The number of rotatable bonds is 22. The van der Waals surface area contributed by atoms with Gasteiger partial charge in [0.25, 0.3) is 0 Å². The minimum Gasteiger partial charge on any atom is -0.395 e. The number of phosphoric ester groups is 1. The van der Waals surface area contributed by atoms with Crippen LogP contribution in [0.15, 0.2) is 36.4 Å². The fourth-order valence-electron chi connectivity index (χ4n) is 4.22. The lowest BCUT2D eigenvalue weighted by Gasteiger charge is -2.19. The molecular formula is C31H50NO6P. The quantitative estimate of drug-likeness (QED) is 0.0547. The highest BCUT2D eigenvalue weighted by atomic mass is 31.2. The van der Waals surface area contributed by atoms with Crippen LogP contribution in [-0.4, -0.2) is 40.1 Å². The molecule has 0 aliphatic rings. The molecule has 0 bridgehead atoms. The number of unbranched alkanes of at least 4 members (excludes halogenated alkanes) is 11. The number of benzene rings is 1. The maximum Gasteiger partial charge on any atom is 0.469 e. The first-order valence-electron chi connectivity index (χ1n) is 14.7. The first-order chi connectivity index (χ1) is 18.8. The molecule has 1 aromatic carbocycles. The predicted octanol–water partition coefficient (Wildman–Crippen LogP) is 6.59. The number of aliphatic hydroxyl groups excluding tert-OH is 1. The average molecular weight is 564 g/mol. The summed E-state index contributed by atoms with van der Waals surface area (Å²) in [6.45, 7) is 1.99. The first-order valence-corrected chi connectivity index (χ1v) is 16.2. The Morgan fingerprint density at radius 1 is 0.949 bits per heavy atom. The second kappa shape index (κ2) is 22.8. The zero-order valence-electron chi connectivity index (χ0n) is 23.8.